The van der Waals surface area contributed by atoms with Crippen LogP contribution in [0.1, 0.15) is 12.0 Å². The quantitative estimate of drug-likeness (QED) is 0.832. The Morgan fingerprint density at radius 3 is 2.11 bits per heavy atom. The van der Waals surface area contributed by atoms with Crippen LogP contribution in [-0.2, 0) is 6.18 Å². The standard InChI is InChI=1S/C10H11F6N3/c1-17-7-4-6(10(14,15)16)5-8(19-7)18-3-2-9(11,12)13/h4-5H,2-3H2,1H3,(H2,17,18,19). The molecule has 0 aliphatic heterocycles. The number of nitrogens with one attached hydrogen (secondary N) is 2. The molecule has 0 amide bonds. The smallest absolute Gasteiger partial charge is 0.373 e. The zero-order valence-electron chi connectivity index (χ0n) is 9.78. The van der Waals surface area contributed by atoms with Gasteiger partial charge in [-0.05, 0) is 12.1 Å². The summed E-state index contributed by atoms with van der Waals surface area (Å²) in [5.74, 6) is -0.340. The normalized spacial score (nSPS) is 12.4. The minimum absolute atomic E-state index is 0.0793. The van der Waals surface area contributed by atoms with E-state index in [-0.39, 0.29) is 11.6 Å². The Labute approximate surface area is 105 Å². The molecule has 0 spiro atoms. The number of anilines is 2. The first-order valence-corrected chi connectivity index (χ1v) is 5.19. The summed E-state index contributed by atoms with van der Waals surface area (Å²) in [6.45, 7) is -0.541. The lowest BCUT2D eigenvalue weighted by molar-refractivity contribution is -0.137. The van der Waals surface area contributed by atoms with Gasteiger partial charge in [-0.1, -0.05) is 0 Å². The number of hydrogen-bond donors (Lipinski definition) is 2. The molecule has 0 saturated heterocycles. The molecule has 0 radical (unpaired) electrons. The second-order valence-electron chi connectivity index (χ2n) is 3.67. The Morgan fingerprint density at radius 1 is 1.05 bits per heavy atom. The topological polar surface area (TPSA) is 37.0 Å². The molecule has 9 heteroatoms. The van der Waals surface area contributed by atoms with Gasteiger partial charge in [0.15, 0.2) is 0 Å². The molecule has 108 valence electrons. The van der Waals surface area contributed by atoms with Crippen LogP contribution in [-0.4, -0.2) is 24.8 Å². The molecule has 1 heterocycles. The highest BCUT2D eigenvalue weighted by Crippen LogP contribution is 2.32. The van der Waals surface area contributed by atoms with Crippen molar-refractivity contribution in [2.24, 2.45) is 0 Å². The van der Waals surface area contributed by atoms with Crippen LogP contribution in [0.3, 0.4) is 0 Å². The van der Waals surface area contributed by atoms with Crippen molar-refractivity contribution in [3.05, 3.63) is 17.7 Å². The molecule has 0 unspecified atom stereocenters. The van der Waals surface area contributed by atoms with Gasteiger partial charge in [0.05, 0.1) is 12.0 Å². The van der Waals surface area contributed by atoms with E-state index in [1.54, 1.807) is 0 Å². The zero-order valence-corrected chi connectivity index (χ0v) is 9.78. The number of aromatic nitrogens is 1. The largest absolute Gasteiger partial charge is 0.416 e. The second kappa shape index (κ2) is 5.54. The van der Waals surface area contributed by atoms with Gasteiger partial charge < -0.3 is 10.6 Å². The molecule has 0 atom stereocenters. The summed E-state index contributed by atoms with van der Waals surface area (Å²) in [7, 11) is 1.36. The van der Waals surface area contributed by atoms with Gasteiger partial charge in [-0.25, -0.2) is 4.98 Å². The number of hydrogen-bond acceptors (Lipinski definition) is 3. The summed E-state index contributed by atoms with van der Waals surface area (Å²) in [5, 5.41) is 4.63. The van der Waals surface area contributed by atoms with Crippen LogP contribution in [0.2, 0.25) is 0 Å². The average Bonchev–Trinajstić information content (AvgIpc) is 2.25. The van der Waals surface area contributed by atoms with Crippen molar-refractivity contribution in [2.45, 2.75) is 18.8 Å². The Kier molecular flexibility index (Phi) is 4.48. The lowest BCUT2D eigenvalue weighted by Gasteiger charge is -2.13. The molecule has 1 aromatic rings. The van der Waals surface area contributed by atoms with Crippen LogP contribution in [0, 0.1) is 0 Å². The molecule has 2 N–H and O–H groups in total. The number of halogens is 6. The van der Waals surface area contributed by atoms with E-state index in [4.69, 9.17) is 0 Å². The predicted octanol–water partition coefficient (Wildman–Crippen LogP) is 3.51. The van der Waals surface area contributed by atoms with Gasteiger partial charge in [-0.3, -0.25) is 0 Å². The van der Waals surface area contributed by atoms with Crippen LogP contribution < -0.4 is 10.6 Å². The lowest BCUT2D eigenvalue weighted by Crippen LogP contribution is -2.16. The van der Waals surface area contributed by atoms with E-state index in [9.17, 15) is 26.3 Å². The van der Waals surface area contributed by atoms with Crippen molar-refractivity contribution in [3.63, 3.8) is 0 Å². The zero-order chi connectivity index (χ0) is 14.7. The van der Waals surface area contributed by atoms with Crippen molar-refractivity contribution >= 4 is 11.6 Å². The van der Waals surface area contributed by atoms with Gasteiger partial charge in [-0.2, -0.15) is 26.3 Å². The number of rotatable bonds is 4. The second-order valence-corrected chi connectivity index (χ2v) is 3.67. The fraction of sp³-hybridized carbons (Fsp3) is 0.500. The van der Waals surface area contributed by atoms with Crippen LogP contribution in [0.25, 0.3) is 0 Å². The average molecular weight is 287 g/mol. The van der Waals surface area contributed by atoms with Crippen LogP contribution >= 0.6 is 0 Å². The molecule has 19 heavy (non-hydrogen) atoms. The van der Waals surface area contributed by atoms with Gasteiger partial charge in [-0.15, -0.1) is 0 Å². The molecule has 0 aliphatic rings. The van der Waals surface area contributed by atoms with E-state index in [2.05, 4.69) is 15.6 Å². The summed E-state index contributed by atoms with van der Waals surface area (Å²) in [6.07, 6.45) is -10.1. The van der Waals surface area contributed by atoms with Crippen molar-refractivity contribution in [2.75, 3.05) is 24.2 Å². The number of alkyl halides is 6. The molecule has 0 aromatic carbocycles. The maximum absolute atomic E-state index is 12.5. The van der Waals surface area contributed by atoms with Crippen LogP contribution in [0.5, 0.6) is 0 Å². The molecule has 0 fully saturated rings. The highest BCUT2D eigenvalue weighted by atomic mass is 19.4. The molecule has 0 bridgehead atoms. The Balaban J connectivity index is 2.83. The fourth-order valence-corrected chi connectivity index (χ4v) is 1.25. The van der Waals surface area contributed by atoms with E-state index in [1.165, 1.54) is 7.05 Å². The van der Waals surface area contributed by atoms with E-state index >= 15 is 0 Å². The Hall–Kier alpha value is -1.67. The molecule has 3 nitrogen and oxygen atoms in total. The molecular weight excluding hydrogens is 276 g/mol. The minimum atomic E-state index is -4.59. The molecule has 1 rings (SSSR count). The third-order valence-electron chi connectivity index (χ3n) is 2.12. The maximum Gasteiger partial charge on any atom is 0.416 e. The summed E-state index contributed by atoms with van der Waals surface area (Å²) < 4.78 is 73.4. The van der Waals surface area contributed by atoms with Gasteiger partial charge >= 0.3 is 12.4 Å². The summed E-state index contributed by atoms with van der Waals surface area (Å²) in [5.41, 5.74) is -0.985. The van der Waals surface area contributed by atoms with E-state index in [0.29, 0.717) is 6.07 Å². The van der Waals surface area contributed by atoms with Crippen LogP contribution in [0.15, 0.2) is 12.1 Å². The van der Waals surface area contributed by atoms with Gasteiger partial charge in [0.25, 0.3) is 0 Å². The Morgan fingerprint density at radius 2 is 1.63 bits per heavy atom. The van der Waals surface area contributed by atoms with E-state index < -0.39 is 30.9 Å². The van der Waals surface area contributed by atoms with Gasteiger partial charge in [0, 0.05) is 13.6 Å². The monoisotopic (exact) mass is 287 g/mol. The van der Waals surface area contributed by atoms with Crippen LogP contribution in [0.4, 0.5) is 38.0 Å². The van der Waals surface area contributed by atoms with Crippen molar-refractivity contribution in [1.82, 2.24) is 4.98 Å². The molecule has 0 aliphatic carbocycles. The van der Waals surface area contributed by atoms with Crippen molar-refractivity contribution in [1.29, 1.82) is 0 Å². The van der Waals surface area contributed by atoms with Gasteiger partial charge in [0.2, 0.25) is 0 Å². The SMILES string of the molecule is CNc1cc(C(F)(F)F)cc(NCCC(F)(F)F)n1. The summed E-state index contributed by atoms with van der Waals surface area (Å²) >= 11 is 0. The number of pyridine rings is 1. The highest BCUT2D eigenvalue weighted by molar-refractivity contribution is 5.49. The van der Waals surface area contributed by atoms with Gasteiger partial charge in [0.1, 0.15) is 11.6 Å². The summed E-state index contributed by atoms with van der Waals surface area (Å²) in [4.78, 5) is 3.70. The lowest BCUT2D eigenvalue weighted by atomic mass is 10.2. The molecule has 1 aromatic heterocycles. The third-order valence-corrected chi connectivity index (χ3v) is 2.12. The minimum Gasteiger partial charge on any atom is -0.373 e. The first kappa shape index (κ1) is 15.4. The van der Waals surface area contributed by atoms with Crippen molar-refractivity contribution in [3.8, 4) is 0 Å². The van der Waals surface area contributed by atoms with Crippen molar-refractivity contribution < 1.29 is 26.3 Å². The number of nitrogens with zero attached hydrogens (tertiary/aromatic N) is 1. The Bertz CT molecular complexity index is 426. The third kappa shape index (κ3) is 5.23. The molecular formula is C10H11F6N3. The first-order chi connectivity index (χ1) is 8.62. The first-order valence-electron chi connectivity index (χ1n) is 5.19. The van der Waals surface area contributed by atoms with E-state index in [0.717, 1.165) is 6.07 Å². The molecule has 0 saturated carbocycles. The maximum atomic E-state index is 12.5. The summed E-state index contributed by atoms with van der Waals surface area (Å²) in [6, 6.07) is 1.44. The predicted molar refractivity (Wildman–Crippen MR) is 57.9 cm³/mol. The fourth-order valence-electron chi connectivity index (χ4n) is 1.25. The highest BCUT2D eigenvalue weighted by Gasteiger charge is 2.32. The van der Waals surface area contributed by atoms with E-state index in [1.807, 2.05) is 0 Å².